The molecule has 4 heterocycles. The van der Waals surface area contributed by atoms with Gasteiger partial charge in [-0.3, -0.25) is 0 Å². The number of aliphatic imine (C=N–C) groups is 1. The van der Waals surface area contributed by atoms with E-state index in [9.17, 15) is 0 Å². The van der Waals surface area contributed by atoms with Crippen molar-refractivity contribution in [1.29, 1.82) is 0 Å². The maximum absolute atomic E-state index is 5.91. The molecule has 0 fully saturated rings. The highest BCUT2D eigenvalue weighted by Crippen LogP contribution is 2.48. The third-order valence-corrected chi connectivity index (χ3v) is 8.06. The number of ether oxygens (including phenoxy) is 2. The largest absolute Gasteiger partial charge is 0.486 e. The Bertz CT molecular complexity index is 1480. The third-order valence-electron chi connectivity index (χ3n) is 7.22. The van der Waals surface area contributed by atoms with E-state index in [0.29, 0.717) is 13.2 Å². The molecule has 1 unspecified atom stereocenters. The number of hydrogen-bond donors (Lipinski definition) is 1. The molecule has 0 radical (unpaired) electrons. The minimum Gasteiger partial charge on any atom is -0.486 e. The molecule has 3 aromatic rings. The second-order valence-electron chi connectivity index (χ2n) is 9.82. The zero-order chi connectivity index (χ0) is 24.8. The summed E-state index contributed by atoms with van der Waals surface area (Å²) in [4.78, 5) is 9.20. The zero-order valence-electron chi connectivity index (χ0n) is 20.7. The Kier molecular flexibility index (Phi) is 5.64. The van der Waals surface area contributed by atoms with Crippen LogP contribution in [0.4, 0.5) is 0 Å². The molecule has 37 heavy (non-hydrogen) atoms. The average Bonchev–Trinajstić information content (AvgIpc) is 3.36. The number of nitrogens with zero attached hydrogens (tertiary/aromatic N) is 2. The number of benzene rings is 3. The van der Waals surface area contributed by atoms with Crippen LogP contribution in [-0.4, -0.2) is 43.4 Å². The first-order chi connectivity index (χ1) is 18.2. The zero-order valence-corrected chi connectivity index (χ0v) is 21.5. The first-order valence-corrected chi connectivity index (χ1v) is 13.6. The summed E-state index contributed by atoms with van der Waals surface area (Å²) in [5, 5.41) is 3.26. The Morgan fingerprint density at radius 2 is 1.68 bits per heavy atom. The topological polar surface area (TPSA) is 38.5 Å². The summed E-state index contributed by atoms with van der Waals surface area (Å²) in [6.45, 7) is 3.08. The quantitative estimate of drug-likeness (QED) is 0.555. The molecule has 4 aliphatic rings. The van der Waals surface area contributed by atoms with Gasteiger partial charge in [0, 0.05) is 22.1 Å². The first-order valence-electron chi connectivity index (χ1n) is 12.7. The molecule has 6 heteroatoms. The van der Waals surface area contributed by atoms with E-state index in [1.807, 2.05) is 6.07 Å². The Hall–Kier alpha value is -3.74. The normalized spacial score (nSPS) is 23.4. The molecule has 0 amide bonds. The van der Waals surface area contributed by atoms with Gasteiger partial charge in [0.15, 0.2) is 16.7 Å². The smallest absolute Gasteiger partial charge is 0.174 e. The molecule has 1 N–H and O–H groups in total. The summed E-state index contributed by atoms with van der Waals surface area (Å²) in [5.74, 6) is 1.62. The molecule has 0 saturated carbocycles. The predicted octanol–water partition coefficient (Wildman–Crippen LogP) is 4.78. The van der Waals surface area contributed by atoms with Crippen LogP contribution < -0.4 is 14.4 Å². The van der Waals surface area contributed by atoms with Crippen LogP contribution in [0.1, 0.15) is 22.7 Å². The van der Waals surface area contributed by atoms with Gasteiger partial charge in [0.25, 0.3) is 0 Å². The van der Waals surface area contributed by atoms with Gasteiger partial charge in [-0.05, 0) is 35.4 Å². The maximum atomic E-state index is 5.91. The van der Waals surface area contributed by atoms with Crippen molar-refractivity contribution in [3.8, 4) is 11.5 Å². The predicted molar refractivity (Wildman–Crippen MR) is 150 cm³/mol. The summed E-state index contributed by atoms with van der Waals surface area (Å²) >= 11 is 1.70. The lowest BCUT2D eigenvalue weighted by Gasteiger charge is -2.40. The first kappa shape index (κ1) is 22.5. The van der Waals surface area contributed by atoms with Crippen molar-refractivity contribution in [1.82, 2.24) is 4.90 Å². The van der Waals surface area contributed by atoms with Gasteiger partial charge >= 0.3 is 0 Å². The van der Waals surface area contributed by atoms with E-state index in [4.69, 9.17) is 14.5 Å². The molecule has 184 valence electrons. The summed E-state index contributed by atoms with van der Waals surface area (Å²) in [5.41, 5.74) is 8.58. The SMILES string of the molecule is C[NH+]1CC2=C(N=C3SC=C(c4ccc5c(c4)OCCO5)N3[C@H]2c2ccccc2)/C(=C/c2ccccc2)C1. The second-order valence-corrected chi connectivity index (χ2v) is 10.7. The number of quaternary nitrogens is 1. The number of rotatable bonds is 3. The highest BCUT2D eigenvalue weighted by Gasteiger charge is 2.42. The summed E-state index contributed by atoms with van der Waals surface area (Å²) < 4.78 is 11.7. The van der Waals surface area contributed by atoms with Crippen LogP contribution in [0.3, 0.4) is 0 Å². The molecule has 0 spiro atoms. The molecule has 0 saturated heterocycles. The molecule has 7 rings (SSSR count). The molecule has 0 bridgehead atoms. The van der Waals surface area contributed by atoms with Gasteiger partial charge in [-0.2, -0.15) is 0 Å². The van der Waals surface area contributed by atoms with E-state index >= 15 is 0 Å². The van der Waals surface area contributed by atoms with Gasteiger partial charge < -0.3 is 19.3 Å². The number of amidine groups is 1. The highest BCUT2D eigenvalue weighted by molar-refractivity contribution is 8.16. The minimum atomic E-state index is 0.0765. The minimum absolute atomic E-state index is 0.0765. The van der Waals surface area contributed by atoms with Crippen LogP contribution in [0.5, 0.6) is 11.5 Å². The van der Waals surface area contributed by atoms with E-state index < -0.39 is 0 Å². The van der Waals surface area contributed by atoms with Crippen LogP contribution in [-0.2, 0) is 0 Å². The summed E-state index contributed by atoms with van der Waals surface area (Å²) in [6.07, 6.45) is 2.31. The van der Waals surface area contributed by atoms with Crippen molar-refractivity contribution >= 4 is 28.7 Å². The van der Waals surface area contributed by atoms with Crippen molar-refractivity contribution < 1.29 is 14.4 Å². The fraction of sp³-hybridized carbons (Fsp3) is 0.194. The fourth-order valence-corrected chi connectivity index (χ4v) is 6.56. The second kappa shape index (κ2) is 9.29. The monoisotopic (exact) mass is 506 g/mol. The fourth-order valence-electron chi connectivity index (χ4n) is 5.63. The lowest BCUT2D eigenvalue weighted by atomic mass is 9.88. The van der Waals surface area contributed by atoms with Crippen LogP contribution in [0.25, 0.3) is 11.8 Å². The van der Waals surface area contributed by atoms with E-state index in [1.54, 1.807) is 11.8 Å². The maximum Gasteiger partial charge on any atom is 0.174 e. The number of thioether (sulfide) groups is 1. The standard InChI is InChI=1S/C31H27N3O2S/c1-33-18-24(16-21-8-4-2-5-9-21)29-25(19-33)30(22-10-6-3-7-11-22)34-26(20-37-31(34)32-29)23-12-13-27-28(17-23)36-15-14-35-27/h2-13,16-17,20,30H,14-15,18-19H2,1H3/p+1/b24-16+/t30-/m0/s1. The van der Waals surface area contributed by atoms with E-state index in [-0.39, 0.29) is 6.04 Å². The van der Waals surface area contributed by atoms with Gasteiger partial charge in [-0.25, -0.2) is 4.99 Å². The summed E-state index contributed by atoms with van der Waals surface area (Å²) in [6, 6.07) is 27.8. The number of likely N-dealkylation sites (N-methyl/N-ethyl adjacent to an activating group) is 1. The van der Waals surface area contributed by atoms with Gasteiger partial charge in [0.05, 0.1) is 24.5 Å². The number of nitrogens with one attached hydrogen (secondary N) is 1. The van der Waals surface area contributed by atoms with Crippen LogP contribution in [0, 0.1) is 0 Å². The van der Waals surface area contributed by atoms with Gasteiger partial charge in [0.1, 0.15) is 26.3 Å². The lowest BCUT2D eigenvalue weighted by molar-refractivity contribution is -0.871. The summed E-state index contributed by atoms with van der Waals surface area (Å²) in [7, 11) is 2.28. The highest BCUT2D eigenvalue weighted by atomic mass is 32.2. The van der Waals surface area contributed by atoms with Gasteiger partial charge in [0.2, 0.25) is 0 Å². The van der Waals surface area contributed by atoms with Gasteiger partial charge in [-0.15, -0.1) is 0 Å². The molecular formula is C31H28N3O2S+. The average molecular weight is 507 g/mol. The van der Waals surface area contributed by atoms with Crippen molar-refractivity contribution in [2.24, 2.45) is 4.99 Å². The molecule has 5 nitrogen and oxygen atoms in total. The van der Waals surface area contributed by atoms with Gasteiger partial charge in [-0.1, -0.05) is 72.4 Å². The van der Waals surface area contributed by atoms with E-state index in [2.05, 4.69) is 96.2 Å². The Morgan fingerprint density at radius 3 is 2.49 bits per heavy atom. The molecule has 4 aliphatic heterocycles. The Morgan fingerprint density at radius 1 is 0.919 bits per heavy atom. The third kappa shape index (κ3) is 4.06. The number of hydrogen-bond acceptors (Lipinski definition) is 5. The Balaban J connectivity index is 1.36. The van der Waals surface area contributed by atoms with Crippen LogP contribution in [0.15, 0.2) is 106 Å². The molecule has 3 aromatic carbocycles. The number of fused-ring (bicyclic) bond motifs is 2. The van der Waals surface area contributed by atoms with Crippen molar-refractivity contribution in [3.63, 3.8) is 0 Å². The van der Waals surface area contributed by atoms with Crippen molar-refractivity contribution in [2.75, 3.05) is 33.4 Å². The lowest BCUT2D eigenvalue weighted by Crippen LogP contribution is -3.10. The molecular weight excluding hydrogens is 478 g/mol. The van der Waals surface area contributed by atoms with Crippen LogP contribution in [0.2, 0.25) is 0 Å². The van der Waals surface area contributed by atoms with Crippen molar-refractivity contribution in [2.45, 2.75) is 6.04 Å². The molecule has 0 aliphatic carbocycles. The van der Waals surface area contributed by atoms with E-state index in [1.165, 1.54) is 27.2 Å². The molecule has 2 atom stereocenters. The van der Waals surface area contributed by atoms with E-state index in [0.717, 1.165) is 46.7 Å². The Labute approximate surface area is 221 Å². The van der Waals surface area contributed by atoms with Crippen molar-refractivity contribution in [3.05, 3.63) is 118 Å². The van der Waals surface area contributed by atoms with Crippen LogP contribution >= 0.6 is 11.8 Å². The molecule has 0 aromatic heterocycles.